The van der Waals surface area contributed by atoms with Gasteiger partial charge in [0.25, 0.3) is 11.9 Å². The summed E-state index contributed by atoms with van der Waals surface area (Å²) in [5.74, 6) is -1.29. The molecule has 9 nitrogen and oxygen atoms in total. The molecule has 104 valence electrons. The van der Waals surface area contributed by atoms with Crippen LogP contribution in [0.4, 0.5) is 5.95 Å². The number of aromatic nitrogens is 4. The summed E-state index contributed by atoms with van der Waals surface area (Å²) < 4.78 is 5.01. The van der Waals surface area contributed by atoms with Gasteiger partial charge in [-0.15, -0.1) is 4.79 Å². The predicted octanol–water partition coefficient (Wildman–Crippen LogP) is -0.370. The molecular weight excluding hydrogens is 264 g/mol. The van der Waals surface area contributed by atoms with E-state index in [0.29, 0.717) is 5.56 Å². The van der Waals surface area contributed by atoms with Crippen LogP contribution in [0.2, 0.25) is 0 Å². The SMILES string of the molecule is CC(=O)OC(C(=O)Nn1nnnc1N)c1ccccc1. The highest BCUT2D eigenvalue weighted by Gasteiger charge is 2.24. The van der Waals surface area contributed by atoms with Gasteiger partial charge in [0, 0.05) is 12.5 Å². The monoisotopic (exact) mass is 276 g/mol. The molecule has 1 unspecified atom stereocenters. The minimum atomic E-state index is -1.11. The molecule has 1 amide bonds. The molecule has 0 fully saturated rings. The van der Waals surface area contributed by atoms with Crippen molar-refractivity contribution in [1.29, 1.82) is 0 Å². The Bertz CT molecular complexity index is 612. The van der Waals surface area contributed by atoms with Crippen LogP contribution in [0.1, 0.15) is 18.6 Å². The fourth-order valence-corrected chi connectivity index (χ4v) is 1.50. The molecule has 1 aromatic carbocycles. The third-order valence-electron chi connectivity index (χ3n) is 2.33. The van der Waals surface area contributed by atoms with Gasteiger partial charge < -0.3 is 10.5 Å². The van der Waals surface area contributed by atoms with E-state index in [9.17, 15) is 9.59 Å². The van der Waals surface area contributed by atoms with E-state index in [2.05, 4.69) is 21.0 Å². The molecule has 2 rings (SSSR count). The van der Waals surface area contributed by atoms with Crippen molar-refractivity contribution in [2.75, 3.05) is 11.2 Å². The predicted molar refractivity (Wildman–Crippen MR) is 67.5 cm³/mol. The second-order valence-electron chi connectivity index (χ2n) is 3.83. The van der Waals surface area contributed by atoms with Crippen LogP contribution in [0, 0.1) is 0 Å². The number of tetrazole rings is 1. The molecule has 0 aliphatic carbocycles. The molecule has 0 spiro atoms. The molecular formula is C11H12N6O3. The summed E-state index contributed by atoms with van der Waals surface area (Å²) in [6.45, 7) is 1.22. The standard InChI is InChI=1S/C11H12N6O3/c1-7(18)20-9(8-5-3-2-4-6-8)10(19)14-17-11(12)13-15-16-17/h2-6,9H,1H3,(H,14,19)(H2,12,13,16). The number of rotatable bonds is 4. The molecule has 0 saturated carbocycles. The third kappa shape index (κ3) is 3.07. The number of esters is 1. The lowest BCUT2D eigenvalue weighted by atomic mass is 10.1. The highest BCUT2D eigenvalue weighted by molar-refractivity contribution is 5.90. The van der Waals surface area contributed by atoms with Crippen molar-refractivity contribution in [3.63, 3.8) is 0 Å². The summed E-state index contributed by atoms with van der Waals surface area (Å²) in [7, 11) is 0. The minimum Gasteiger partial charge on any atom is -0.447 e. The quantitative estimate of drug-likeness (QED) is 0.730. The first-order valence-corrected chi connectivity index (χ1v) is 5.65. The highest BCUT2D eigenvalue weighted by Crippen LogP contribution is 2.18. The van der Waals surface area contributed by atoms with E-state index in [4.69, 9.17) is 10.5 Å². The van der Waals surface area contributed by atoms with Crippen molar-refractivity contribution >= 4 is 17.8 Å². The van der Waals surface area contributed by atoms with E-state index < -0.39 is 18.0 Å². The van der Waals surface area contributed by atoms with Gasteiger partial charge >= 0.3 is 5.97 Å². The lowest BCUT2D eigenvalue weighted by Crippen LogP contribution is -2.32. The Kier molecular flexibility index (Phi) is 3.89. The van der Waals surface area contributed by atoms with E-state index in [0.717, 1.165) is 4.79 Å². The zero-order valence-corrected chi connectivity index (χ0v) is 10.6. The topological polar surface area (TPSA) is 125 Å². The summed E-state index contributed by atoms with van der Waals surface area (Å²) in [6, 6.07) is 8.56. The van der Waals surface area contributed by atoms with Gasteiger partial charge in [-0.2, -0.15) is 0 Å². The minimum absolute atomic E-state index is 0.0898. The van der Waals surface area contributed by atoms with Gasteiger partial charge in [0.1, 0.15) is 0 Å². The zero-order valence-electron chi connectivity index (χ0n) is 10.6. The Morgan fingerprint density at radius 1 is 1.35 bits per heavy atom. The van der Waals surface area contributed by atoms with E-state index in [1.54, 1.807) is 30.3 Å². The van der Waals surface area contributed by atoms with Crippen molar-refractivity contribution in [2.24, 2.45) is 0 Å². The van der Waals surface area contributed by atoms with Crippen LogP contribution < -0.4 is 11.2 Å². The van der Waals surface area contributed by atoms with Crippen LogP contribution in [0.5, 0.6) is 0 Å². The maximum absolute atomic E-state index is 12.1. The third-order valence-corrected chi connectivity index (χ3v) is 2.33. The number of benzene rings is 1. The molecule has 9 heteroatoms. The molecule has 0 saturated heterocycles. The number of hydrogen-bond donors (Lipinski definition) is 2. The molecule has 2 aromatic rings. The average Bonchev–Trinajstić information content (AvgIpc) is 2.82. The number of carbonyl (C=O) groups is 2. The van der Waals surface area contributed by atoms with E-state index in [1.807, 2.05) is 0 Å². The molecule has 0 aliphatic rings. The average molecular weight is 276 g/mol. The van der Waals surface area contributed by atoms with Crippen molar-refractivity contribution < 1.29 is 14.3 Å². The number of anilines is 1. The Morgan fingerprint density at radius 2 is 2.05 bits per heavy atom. The Labute approximate surface area is 113 Å². The zero-order chi connectivity index (χ0) is 14.5. The normalized spacial score (nSPS) is 11.7. The molecule has 1 heterocycles. The maximum Gasteiger partial charge on any atom is 0.303 e. The summed E-state index contributed by atoms with van der Waals surface area (Å²) >= 11 is 0. The number of nitrogens with one attached hydrogen (secondary N) is 1. The van der Waals surface area contributed by atoms with Gasteiger partial charge in [0.05, 0.1) is 0 Å². The molecule has 1 aromatic heterocycles. The number of nitrogen functional groups attached to an aromatic ring is 1. The van der Waals surface area contributed by atoms with Gasteiger partial charge in [-0.3, -0.25) is 9.59 Å². The van der Waals surface area contributed by atoms with Crippen LogP contribution >= 0.6 is 0 Å². The first-order chi connectivity index (χ1) is 9.58. The van der Waals surface area contributed by atoms with Crippen LogP contribution in [-0.4, -0.2) is 32.2 Å². The van der Waals surface area contributed by atoms with Crippen molar-refractivity contribution in [2.45, 2.75) is 13.0 Å². The van der Waals surface area contributed by atoms with Crippen molar-refractivity contribution in [1.82, 2.24) is 20.3 Å². The fourth-order valence-electron chi connectivity index (χ4n) is 1.50. The van der Waals surface area contributed by atoms with E-state index in [-0.39, 0.29) is 5.95 Å². The van der Waals surface area contributed by atoms with Crippen LogP contribution in [0.15, 0.2) is 30.3 Å². The van der Waals surface area contributed by atoms with Crippen LogP contribution in [-0.2, 0) is 14.3 Å². The Morgan fingerprint density at radius 3 is 2.60 bits per heavy atom. The maximum atomic E-state index is 12.1. The Hall–Kier alpha value is -2.97. The van der Waals surface area contributed by atoms with Crippen LogP contribution in [0.25, 0.3) is 0 Å². The Balaban J connectivity index is 2.21. The highest BCUT2D eigenvalue weighted by atomic mass is 16.5. The van der Waals surface area contributed by atoms with Gasteiger partial charge in [-0.05, 0) is 10.4 Å². The first-order valence-electron chi connectivity index (χ1n) is 5.65. The van der Waals surface area contributed by atoms with Gasteiger partial charge in [-0.1, -0.05) is 35.4 Å². The molecule has 0 radical (unpaired) electrons. The first kappa shape index (κ1) is 13.5. The lowest BCUT2D eigenvalue weighted by Gasteiger charge is -2.16. The van der Waals surface area contributed by atoms with Crippen molar-refractivity contribution in [3.8, 4) is 0 Å². The largest absolute Gasteiger partial charge is 0.447 e. The van der Waals surface area contributed by atoms with E-state index in [1.165, 1.54) is 6.92 Å². The molecule has 20 heavy (non-hydrogen) atoms. The number of amides is 1. The smallest absolute Gasteiger partial charge is 0.303 e. The molecule has 3 N–H and O–H groups in total. The second-order valence-corrected chi connectivity index (χ2v) is 3.83. The molecule has 0 aliphatic heterocycles. The summed E-state index contributed by atoms with van der Waals surface area (Å²) in [6.07, 6.45) is -1.11. The molecule has 0 bridgehead atoms. The van der Waals surface area contributed by atoms with Crippen molar-refractivity contribution in [3.05, 3.63) is 35.9 Å². The number of nitrogens with two attached hydrogens (primary N) is 1. The van der Waals surface area contributed by atoms with Gasteiger partial charge in [-0.25, -0.2) is 5.43 Å². The second kappa shape index (κ2) is 5.78. The summed E-state index contributed by atoms with van der Waals surface area (Å²) in [5, 5.41) is 10.2. The van der Waals surface area contributed by atoms with Gasteiger partial charge in [0.15, 0.2) is 0 Å². The lowest BCUT2D eigenvalue weighted by molar-refractivity contribution is -0.152. The number of carbonyl (C=O) groups excluding carboxylic acids is 2. The number of nitrogens with zero attached hydrogens (tertiary/aromatic N) is 4. The fraction of sp³-hybridized carbons (Fsp3) is 0.182. The number of ether oxygens (including phenoxy) is 1. The summed E-state index contributed by atoms with van der Waals surface area (Å²) in [4.78, 5) is 24.2. The molecule has 1 atom stereocenters. The summed E-state index contributed by atoms with van der Waals surface area (Å²) in [5.41, 5.74) is 8.29. The van der Waals surface area contributed by atoms with E-state index >= 15 is 0 Å². The van der Waals surface area contributed by atoms with Gasteiger partial charge in [0.2, 0.25) is 6.10 Å². The van der Waals surface area contributed by atoms with Crippen LogP contribution in [0.3, 0.4) is 0 Å². The number of hydrogen-bond acceptors (Lipinski definition) is 7.